The predicted octanol–water partition coefficient (Wildman–Crippen LogP) is 2.16. The first kappa shape index (κ1) is 16.3. The summed E-state index contributed by atoms with van der Waals surface area (Å²) in [5.74, 6) is -3.35. The number of aromatic nitrogens is 1. The Morgan fingerprint density at radius 2 is 2.09 bits per heavy atom. The first-order valence-electron chi connectivity index (χ1n) is 6.49. The summed E-state index contributed by atoms with van der Waals surface area (Å²) in [5, 5.41) is 15.6. The lowest BCUT2D eigenvalue weighted by molar-refractivity contribution is -0.0454. The van der Waals surface area contributed by atoms with Crippen LogP contribution in [0.1, 0.15) is 16.6 Å². The summed E-state index contributed by atoms with van der Waals surface area (Å²) in [7, 11) is 0. The summed E-state index contributed by atoms with van der Waals surface area (Å²) in [6.45, 7) is -2.25. The summed E-state index contributed by atoms with van der Waals surface area (Å²) >= 11 is 1.35. The lowest BCUT2D eigenvalue weighted by Crippen LogP contribution is -2.45. The highest BCUT2D eigenvalue weighted by molar-refractivity contribution is 7.09. The maximum absolute atomic E-state index is 12.9. The maximum Gasteiger partial charge on any atom is 0.315 e. The van der Waals surface area contributed by atoms with Gasteiger partial charge in [-0.15, -0.1) is 11.3 Å². The zero-order valence-electron chi connectivity index (χ0n) is 11.5. The molecule has 5 nitrogen and oxygen atoms in total. The minimum absolute atomic E-state index is 0.524. The molecule has 1 aromatic heterocycles. The van der Waals surface area contributed by atoms with E-state index in [1.54, 1.807) is 11.6 Å². The molecule has 0 saturated carbocycles. The average Bonchev–Trinajstić information content (AvgIpc) is 3.06. The van der Waals surface area contributed by atoms with Crippen LogP contribution < -0.4 is 10.6 Å². The Hall–Kier alpha value is -2.06. The molecule has 0 spiro atoms. The first-order chi connectivity index (χ1) is 10.5. The Morgan fingerprint density at radius 1 is 1.36 bits per heavy atom. The summed E-state index contributed by atoms with van der Waals surface area (Å²) in [6.07, 6.45) is 1.61. The van der Waals surface area contributed by atoms with Crippen molar-refractivity contribution in [3.8, 4) is 0 Å². The van der Waals surface area contributed by atoms with E-state index in [1.807, 2.05) is 30.3 Å². The van der Waals surface area contributed by atoms with Crippen LogP contribution in [0, 0.1) is 0 Å². The summed E-state index contributed by atoms with van der Waals surface area (Å²) in [5.41, 5.74) is 0.793. The molecule has 0 bridgehead atoms. The van der Waals surface area contributed by atoms with Crippen molar-refractivity contribution >= 4 is 17.4 Å². The van der Waals surface area contributed by atoms with Crippen LogP contribution in [0.4, 0.5) is 13.6 Å². The van der Waals surface area contributed by atoms with Crippen molar-refractivity contribution in [2.45, 2.75) is 12.0 Å². The number of aliphatic hydroxyl groups is 1. The van der Waals surface area contributed by atoms with Crippen LogP contribution in [-0.4, -0.2) is 35.2 Å². The number of carbonyl (C=O) groups excluding carboxylic acids is 1. The van der Waals surface area contributed by atoms with Gasteiger partial charge in [0.2, 0.25) is 0 Å². The normalized spacial score (nSPS) is 12.7. The molecule has 1 heterocycles. The molecule has 0 aliphatic carbocycles. The molecule has 0 aliphatic heterocycles. The highest BCUT2D eigenvalue weighted by Crippen LogP contribution is 2.23. The molecular formula is C14H15F2N3O2S. The van der Waals surface area contributed by atoms with E-state index in [1.165, 1.54) is 11.3 Å². The Balaban J connectivity index is 2.06. The fourth-order valence-electron chi connectivity index (χ4n) is 1.76. The van der Waals surface area contributed by atoms with Crippen molar-refractivity contribution in [1.29, 1.82) is 0 Å². The fraction of sp³-hybridized carbons (Fsp3) is 0.286. The van der Waals surface area contributed by atoms with Crippen LogP contribution in [0.15, 0.2) is 41.9 Å². The van der Waals surface area contributed by atoms with Crippen molar-refractivity contribution in [2.75, 3.05) is 13.2 Å². The van der Waals surface area contributed by atoms with Crippen LogP contribution >= 0.6 is 11.3 Å². The second-order valence-corrected chi connectivity index (χ2v) is 5.48. The van der Waals surface area contributed by atoms with Crippen LogP contribution in [0.2, 0.25) is 0 Å². The van der Waals surface area contributed by atoms with Crippen molar-refractivity contribution < 1.29 is 18.7 Å². The quantitative estimate of drug-likeness (QED) is 0.761. The molecule has 118 valence electrons. The molecule has 0 aliphatic rings. The van der Waals surface area contributed by atoms with Crippen molar-refractivity contribution in [3.63, 3.8) is 0 Å². The number of alkyl halides is 2. The van der Waals surface area contributed by atoms with Crippen molar-refractivity contribution in [3.05, 3.63) is 52.5 Å². The molecular weight excluding hydrogens is 312 g/mol. The van der Waals surface area contributed by atoms with Crippen LogP contribution in [-0.2, 0) is 0 Å². The molecule has 0 radical (unpaired) electrons. The van der Waals surface area contributed by atoms with E-state index in [2.05, 4.69) is 15.6 Å². The second kappa shape index (κ2) is 7.28. The van der Waals surface area contributed by atoms with E-state index >= 15 is 0 Å². The fourth-order valence-corrected chi connectivity index (χ4v) is 2.47. The minimum Gasteiger partial charge on any atom is -0.390 e. The molecule has 2 aromatic rings. The van der Waals surface area contributed by atoms with Gasteiger partial charge in [0, 0.05) is 11.6 Å². The van der Waals surface area contributed by atoms with E-state index in [9.17, 15) is 13.6 Å². The predicted molar refractivity (Wildman–Crippen MR) is 79.0 cm³/mol. The molecule has 2 amide bonds. The maximum atomic E-state index is 12.9. The smallest absolute Gasteiger partial charge is 0.315 e. The molecule has 0 saturated heterocycles. The molecule has 22 heavy (non-hydrogen) atoms. The SMILES string of the molecule is O=C(NCC(F)(F)CO)N[C@@H](c1ccccc1)c1nccs1. The van der Waals surface area contributed by atoms with E-state index in [0.717, 1.165) is 5.56 Å². The Morgan fingerprint density at radius 3 is 2.68 bits per heavy atom. The van der Waals surface area contributed by atoms with Crippen LogP contribution in [0.25, 0.3) is 0 Å². The third-order valence-corrected chi connectivity index (χ3v) is 3.69. The number of thiazole rings is 1. The molecule has 8 heteroatoms. The van der Waals surface area contributed by atoms with Gasteiger partial charge < -0.3 is 15.7 Å². The largest absolute Gasteiger partial charge is 0.390 e. The van der Waals surface area contributed by atoms with Gasteiger partial charge in [-0.2, -0.15) is 0 Å². The van der Waals surface area contributed by atoms with Crippen molar-refractivity contribution in [1.82, 2.24) is 15.6 Å². The van der Waals surface area contributed by atoms with E-state index in [-0.39, 0.29) is 0 Å². The van der Waals surface area contributed by atoms with E-state index in [0.29, 0.717) is 5.01 Å². The zero-order chi connectivity index (χ0) is 16.0. The highest BCUT2D eigenvalue weighted by Gasteiger charge is 2.29. The highest BCUT2D eigenvalue weighted by atomic mass is 32.1. The summed E-state index contributed by atoms with van der Waals surface area (Å²) in [6, 6.07) is 7.82. The molecule has 1 atom stereocenters. The van der Waals surface area contributed by atoms with E-state index in [4.69, 9.17) is 5.11 Å². The van der Waals surface area contributed by atoms with E-state index < -0.39 is 31.1 Å². The number of benzene rings is 1. The van der Waals surface area contributed by atoms with Gasteiger partial charge in [0.15, 0.2) is 0 Å². The number of halogens is 2. The van der Waals surface area contributed by atoms with Gasteiger partial charge in [-0.05, 0) is 5.56 Å². The number of aliphatic hydroxyl groups excluding tert-OH is 1. The second-order valence-electron chi connectivity index (χ2n) is 4.56. The number of carbonyl (C=O) groups is 1. The summed E-state index contributed by atoms with van der Waals surface area (Å²) < 4.78 is 25.9. The zero-order valence-corrected chi connectivity index (χ0v) is 12.3. The van der Waals surface area contributed by atoms with Gasteiger partial charge in [0.25, 0.3) is 5.92 Å². The molecule has 2 rings (SSSR count). The number of nitrogens with zero attached hydrogens (tertiary/aromatic N) is 1. The van der Waals surface area contributed by atoms with Gasteiger partial charge in [-0.1, -0.05) is 30.3 Å². The number of amides is 2. The van der Waals surface area contributed by atoms with Crippen molar-refractivity contribution in [2.24, 2.45) is 0 Å². The van der Waals surface area contributed by atoms with Gasteiger partial charge >= 0.3 is 6.03 Å². The van der Waals surface area contributed by atoms with Gasteiger partial charge in [0.05, 0.1) is 6.54 Å². The third kappa shape index (κ3) is 4.47. The number of nitrogens with one attached hydrogen (secondary N) is 2. The number of hydrogen-bond donors (Lipinski definition) is 3. The summed E-state index contributed by atoms with van der Waals surface area (Å²) in [4.78, 5) is 16.0. The number of rotatable bonds is 6. The molecule has 0 fully saturated rings. The Kier molecular flexibility index (Phi) is 5.40. The van der Waals surface area contributed by atoms with Gasteiger partial charge in [-0.25, -0.2) is 18.6 Å². The van der Waals surface area contributed by atoms with Gasteiger partial charge in [0.1, 0.15) is 17.7 Å². The molecule has 0 unspecified atom stereocenters. The Bertz CT molecular complexity index is 593. The average molecular weight is 327 g/mol. The first-order valence-corrected chi connectivity index (χ1v) is 7.37. The third-order valence-electron chi connectivity index (χ3n) is 2.85. The number of hydrogen-bond acceptors (Lipinski definition) is 4. The standard InChI is InChI=1S/C14H15F2N3O2S/c15-14(16,9-20)8-18-13(21)19-11(12-17-6-7-22-12)10-4-2-1-3-5-10/h1-7,11,20H,8-9H2,(H2,18,19,21)/t11-/m0/s1. The lowest BCUT2D eigenvalue weighted by Gasteiger charge is -2.19. The van der Waals surface area contributed by atoms with Crippen LogP contribution in [0.5, 0.6) is 0 Å². The molecule has 3 N–H and O–H groups in total. The molecule has 1 aromatic carbocycles. The Labute approximate surface area is 130 Å². The topological polar surface area (TPSA) is 74.2 Å². The minimum atomic E-state index is -3.35. The number of urea groups is 1. The lowest BCUT2D eigenvalue weighted by atomic mass is 10.1. The van der Waals surface area contributed by atoms with Gasteiger partial charge in [-0.3, -0.25) is 0 Å². The monoisotopic (exact) mass is 327 g/mol. The van der Waals surface area contributed by atoms with Crippen LogP contribution in [0.3, 0.4) is 0 Å².